The van der Waals surface area contributed by atoms with Gasteiger partial charge in [-0.15, -0.1) is 0 Å². The van der Waals surface area contributed by atoms with E-state index < -0.39 is 10.0 Å². The molecule has 0 saturated carbocycles. The fourth-order valence-corrected chi connectivity index (χ4v) is 3.95. The molecule has 0 bridgehead atoms. The number of sulfonamides is 1. The molecule has 0 saturated heterocycles. The number of thioether (sulfide) groups is 1. The largest absolute Gasteiger partial charge is 0.372 e. The Morgan fingerprint density at radius 2 is 2.21 bits per heavy atom. The minimum atomic E-state index is -3.56. The molecule has 0 amide bonds. The predicted molar refractivity (Wildman–Crippen MR) is 81.6 cm³/mol. The van der Waals surface area contributed by atoms with E-state index in [1.165, 1.54) is 16.6 Å². The van der Waals surface area contributed by atoms with E-state index in [0.717, 1.165) is 5.75 Å². The molecular weight excluding hydrogens is 306 g/mol. The normalized spacial score (nSPS) is 13.6. The number of pyridine rings is 1. The Morgan fingerprint density at radius 3 is 2.68 bits per heavy atom. The van der Waals surface area contributed by atoms with Gasteiger partial charge in [-0.05, 0) is 19.2 Å². The maximum absolute atomic E-state index is 12.4. The van der Waals surface area contributed by atoms with Crippen LogP contribution in [0.5, 0.6) is 0 Å². The third kappa shape index (κ3) is 3.75. The van der Waals surface area contributed by atoms with E-state index in [1.54, 1.807) is 25.9 Å². The summed E-state index contributed by atoms with van der Waals surface area (Å²) in [6.07, 6.45) is 3.26. The number of anilines is 1. The second-order valence-electron chi connectivity index (χ2n) is 4.08. The van der Waals surface area contributed by atoms with Gasteiger partial charge in [0, 0.05) is 32.1 Å². The lowest BCUT2D eigenvalue weighted by Gasteiger charge is -2.23. The number of nitrogens with one attached hydrogen (secondary N) is 1. The first-order valence-electron chi connectivity index (χ1n) is 5.64. The van der Waals surface area contributed by atoms with Gasteiger partial charge in [-0.3, -0.25) is 0 Å². The minimum Gasteiger partial charge on any atom is -0.372 e. The highest BCUT2D eigenvalue weighted by Gasteiger charge is 2.26. The Labute approximate surface area is 123 Å². The first kappa shape index (κ1) is 16.6. The fraction of sp³-hybridized carbons (Fsp3) is 0.545. The number of nitrogens with zero attached hydrogens (tertiary/aromatic N) is 2. The molecule has 0 radical (unpaired) electrons. The molecule has 1 atom stereocenters. The molecule has 0 aliphatic carbocycles. The zero-order valence-electron chi connectivity index (χ0n) is 11.3. The van der Waals surface area contributed by atoms with Crippen LogP contribution in [0.4, 0.5) is 5.82 Å². The minimum absolute atomic E-state index is 0.0947. The van der Waals surface area contributed by atoms with Crippen molar-refractivity contribution in [3.63, 3.8) is 0 Å². The monoisotopic (exact) mass is 323 g/mol. The van der Waals surface area contributed by atoms with E-state index in [-0.39, 0.29) is 16.0 Å². The van der Waals surface area contributed by atoms with Crippen LogP contribution >= 0.6 is 23.4 Å². The summed E-state index contributed by atoms with van der Waals surface area (Å²) in [6.45, 7) is 1.87. The van der Waals surface area contributed by atoms with Crippen LogP contribution < -0.4 is 5.32 Å². The smallest absolute Gasteiger partial charge is 0.244 e. The van der Waals surface area contributed by atoms with Gasteiger partial charge in [-0.25, -0.2) is 13.4 Å². The second-order valence-corrected chi connectivity index (χ2v) is 7.39. The van der Waals surface area contributed by atoms with Gasteiger partial charge in [0.15, 0.2) is 0 Å². The van der Waals surface area contributed by atoms with E-state index in [2.05, 4.69) is 10.3 Å². The number of rotatable bonds is 6. The van der Waals surface area contributed by atoms with Crippen molar-refractivity contribution >= 4 is 39.2 Å². The Morgan fingerprint density at radius 1 is 1.58 bits per heavy atom. The Kier molecular flexibility index (Phi) is 5.91. The number of halogens is 1. The first-order chi connectivity index (χ1) is 8.84. The van der Waals surface area contributed by atoms with E-state index in [0.29, 0.717) is 5.82 Å². The Balaban J connectivity index is 3.10. The van der Waals surface area contributed by atoms with Gasteiger partial charge in [-0.1, -0.05) is 11.6 Å². The summed E-state index contributed by atoms with van der Waals surface area (Å²) in [5.41, 5.74) is 0. The van der Waals surface area contributed by atoms with Gasteiger partial charge in [0.1, 0.15) is 10.7 Å². The van der Waals surface area contributed by atoms with Crippen LogP contribution in [-0.4, -0.2) is 49.9 Å². The molecule has 1 aromatic rings. The van der Waals surface area contributed by atoms with Gasteiger partial charge in [-0.2, -0.15) is 16.1 Å². The SMILES string of the molecule is CNc1ncc(S(=O)(=O)N(C)C(C)CSC)cc1Cl. The molecule has 0 fully saturated rings. The van der Waals surface area contributed by atoms with Crippen LogP contribution in [0.1, 0.15) is 6.92 Å². The highest BCUT2D eigenvalue weighted by atomic mass is 35.5. The van der Waals surface area contributed by atoms with Gasteiger partial charge < -0.3 is 5.32 Å². The molecule has 0 aromatic carbocycles. The Bertz CT molecular complexity index is 537. The molecule has 8 heteroatoms. The maximum atomic E-state index is 12.4. The van der Waals surface area contributed by atoms with Crippen molar-refractivity contribution in [2.45, 2.75) is 17.9 Å². The van der Waals surface area contributed by atoms with Crippen molar-refractivity contribution in [3.05, 3.63) is 17.3 Å². The summed E-state index contributed by atoms with van der Waals surface area (Å²) in [4.78, 5) is 4.10. The average molecular weight is 324 g/mol. The fourth-order valence-electron chi connectivity index (χ4n) is 1.49. The van der Waals surface area contributed by atoms with E-state index in [4.69, 9.17) is 11.6 Å². The summed E-state index contributed by atoms with van der Waals surface area (Å²) < 4.78 is 26.1. The molecule has 0 aliphatic rings. The van der Waals surface area contributed by atoms with Crippen molar-refractivity contribution < 1.29 is 8.42 Å². The van der Waals surface area contributed by atoms with Gasteiger partial charge >= 0.3 is 0 Å². The highest BCUT2D eigenvalue weighted by molar-refractivity contribution is 7.98. The second kappa shape index (κ2) is 6.78. The molecule has 19 heavy (non-hydrogen) atoms. The number of aromatic nitrogens is 1. The molecule has 0 spiro atoms. The van der Waals surface area contributed by atoms with Crippen LogP contribution in [0.3, 0.4) is 0 Å². The Hall–Kier alpha value is -0.500. The first-order valence-corrected chi connectivity index (χ1v) is 8.86. The molecule has 1 heterocycles. The zero-order chi connectivity index (χ0) is 14.6. The molecule has 0 aliphatic heterocycles. The average Bonchev–Trinajstić information content (AvgIpc) is 2.37. The van der Waals surface area contributed by atoms with Crippen LogP contribution in [-0.2, 0) is 10.0 Å². The highest BCUT2D eigenvalue weighted by Crippen LogP contribution is 2.24. The molecule has 1 unspecified atom stereocenters. The number of hydrogen-bond donors (Lipinski definition) is 1. The summed E-state index contributed by atoms with van der Waals surface area (Å²) in [5, 5.41) is 3.08. The van der Waals surface area contributed by atoms with Crippen molar-refractivity contribution in [2.75, 3.05) is 31.4 Å². The topological polar surface area (TPSA) is 62.3 Å². The lowest BCUT2D eigenvalue weighted by molar-refractivity contribution is 0.415. The van der Waals surface area contributed by atoms with Crippen LogP contribution in [0.15, 0.2) is 17.2 Å². The van der Waals surface area contributed by atoms with E-state index in [1.807, 2.05) is 13.2 Å². The molecule has 5 nitrogen and oxygen atoms in total. The van der Waals surface area contributed by atoms with E-state index >= 15 is 0 Å². The van der Waals surface area contributed by atoms with Crippen molar-refractivity contribution in [3.8, 4) is 0 Å². The summed E-state index contributed by atoms with van der Waals surface area (Å²) in [5.74, 6) is 1.19. The number of hydrogen-bond acceptors (Lipinski definition) is 5. The van der Waals surface area contributed by atoms with Crippen molar-refractivity contribution in [1.82, 2.24) is 9.29 Å². The lowest BCUT2D eigenvalue weighted by Crippen LogP contribution is -2.36. The zero-order valence-corrected chi connectivity index (χ0v) is 13.7. The van der Waals surface area contributed by atoms with Crippen LogP contribution in [0.25, 0.3) is 0 Å². The molecule has 1 rings (SSSR count). The van der Waals surface area contributed by atoms with Crippen molar-refractivity contribution in [1.29, 1.82) is 0 Å². The standard InChI is InChI=1S/C11H18ClN3O2S2/c1-8(7-18-4)15(3)19(16,17)9-5-10(12)11(13-2)14-6-9/h5-6,8H,7H2,1-4H3,(H,13,14). The van der Waals surface area contributed by atoms with Gasteiger partial charge in [0.05, 0.1) is 5.02 Å². The third-order valence-electron chi connectivity index (χ3n) is 2.76. The summed E-state index contributed by atoms with van der Waals surface area (Å²) in [6, 6.07) is 1.32. The quantitative estimate of drug-likeness (QED) is 0.869. The summed E-state index contributed by atoms with van der Waals surface area (Å²) >= 11 is 7.57. The molecule has 1 aromatic heterocycles. The predicted octanol–water partition coefficient (Wildman–Crippen LogP) is 2.15. The van der Waals surface area contributed by atoms with Gasteiger partial charge in [0.2, 0.25) is 10.0 Å². The van der Waals surface area contributed by atoms with Crippen LogP contribution in [0, 0.1) is 0 Å². The molecular formula is C11H18ClN3O2S2. The third-order valence-corrected chi connectivity index (χ3v) is 5.80. The van der Waals surface area contributed by atoms with Crippen molar-refractivity contribution in [2.24, 2.45) is 0 Å². The van der Waals surface area contributed by atoms with Crippen LogP contribution in [0.2, 0.25) is 5.02 Å². The maximum Gasteiger partial charge on any atom is 0.244 e. The summed E-state index contributed by atoms with van der Waals surface area (Å²) in [7, 11) is -0.321. The molecule has 1 N–H and O–H groups in total. The lowest BCUT2D eigenvalue weighted by atomic mass is 10.4. The molecule has 108 valence electrons. The van der Waals surface area contributed by atoms with Gasteiger partial charge in [0.25, 0.3) is 0 Å². The van der Waals surface area contributed by atoms with E-state index in [9.17, 15) is 8.42 Å².